The van der Waals surface area contributed by atoms with E-state index in [1.165, 1.54) is 19.1 Å². The van der Waals surface area contributed by atoms with E-state index < -0.39 is 0 Å². The summed E-state index contributed by atoms with van der Waals surface area (Å²) >= 11 is 0. The van der Waals surface area contributed by atoms with Crippen molar-refractivity contribution < 1.29 is 14.7 Å². The van der Waals surface area contributed by atoms with Crippen LogP contribution >= 0.6 is 0 Å². The molecule has 0 saturated carbocycles. The van der Waals surface area contributed by atoms with E-state index >= 15 is 0 Å². The number of nitrogens with zero attached hydrogens (tertiary/aromatic N) is 1. The lowest BCUT2D eigenvalue weighted by molar-refractivity contribution is 0.101. The summed E-state index contributed by atoms with van der Waals surface area (Å²) < 4.78 is 0. The number of aldehydes is 1. The number of phenols is 1. The lowest BCUT2D eigenvalue weighted by atomic mass is 10.0. The fourth-order valence-electron chi connectivity index (χ4n) is 1.07. The van der Waals surface area contributed by atoms with Crippen LogP contribution in [-0.4, -0.2) is 17.2 Å². The lowest BCUT2D eigenvalue weighted by Gasteiger charge is -2.02. The second kappa shape index (κ2) is 3.71. The molecular formula is C10H7NO3. The van der Waals surface area contributed by atoms with Crippen LogP contribution in [0.15, 0.2) is 12.1 Å². The summed E-state index contributed by atoms with van der Waals surface area (Å²) in [4.78, 5) is 21.5. The molecule has 0 spiro atoms. The van der Waals surface area contributed by atoms with Gasteiger partial charge in [0.15, 0.2) is 12.1 Å². The molecule has 0 unspecified atom stereocenters. The van der Waals surface area contributed by atoms with Gasteiger partial charge in [-0.05, 0) is 19.1 Å². The van der Waals surface area contributed by atoms with Crippen LogP contribution in [0.1, 0.15) is 33.2 Å². The van der Waals surface area contributed by atoms with E-state index in [0.29, 0.717) is 6.29 Å². The Bertz CT molecular complexity index is 443. The molecule has 1 aromatic rings. The normalized spacial score (nSPS) is 9.14. The van der Waals surface area contributed by atoms with Crippen LogP contribution in [0.3, 0.4) is 0 Å². The summed E-state index contributed by atoms with van der Waals surface area (Å²) in [6.07, 6.45) is 0.435. The Morgan fingerprint density at radius 2 is 2.21 bits per heavy atom. The molecular weight excluding hydrogens is 182 g/mol. The van der Waals surface area contributed by atoms with E-state index in [0.717, 1.165) is 0 Å². The third-order valence-corrected chi connectivity index (χ3v) is 1.79. The van der Waals surface area contributed by atoms with Crippen molar-refractivity contribution in [3.05, 3.63) is 28.8 Å². The van der Waals surface area contributed by atoms with Crippen molar-refractivity contribution in [2.24, 2.45) is 0 Å². The number of carbonyl (C=O) groups is 2. The van der Waals surface area contributed by atoms with Gasteiger partial charge < -0.3 is 5.11 Å². The molecule has 1 aromatic carbocycles. The van der Waals surface area contributed by atoms with Crippen molar-refractivity contribution in [3.8, 4) is 11.8 Å². The Morgan fingerprint density at radius 3 is 2.64 bits per heavy atom. The van der Waals surface area contributed by atoms with Crippen molar-refractivity contribution in [2.75, 3.05) is 0 Å². The molecule has 0 aliphatic heterocycles. The molecule has 70 valence electrons. The highest BCUT2D eigenvalue weighted by atomic mass is 16.3. The first-order chi connectivity index (χ1) is 6.60. The van der Waals surface area contributed by atoms with Crippen LogP contribution in [0.2, 0.25) is 0 Å². The monoisotopic (exact) mass is 189 g/mol. The number of Topliss-reactive ketones (excluding diaryl/α,β-unsaturated/α-hetero) is 1. The van der Waals surface area contributed by atoms with Gasteiger partial charge in [-0.15, -0.1) is 0 Å². The number of phenolic OH excluding ortho intramolecular Hbond substituents is 1. The minimum absolute atomic E-state index is 0.0256. The van der Waals surface area contributed by atoms with Crippen molar-refractivity contribution in [3.63, 3.8) is 0 Å². The first-order valence-corrected chi connectivity index (χ1v) is 3.83. The molecule has 14 heavy (non-hydrogen) atoms. The maximum Gasteiger partial charge on any atom is 0.159 e. The Balaban J connectivity index is 3.48. The van der Waals surface area contributed by atoms with Crippen molar-refractivity contribution in [2.45, 2.75) is 6.92 Å². The highest BCUT2D eigenvalue weighted by Crippen LogP contribution is 2.21. The van der Waals surface area contributed by atoms with Crippen molar-refractivity contribution in [1.82, 2.24) is 0 Å². The molecule has 0 fully saturated rings. The van der Waals surface area contributed by atoms with Crippen LogP contribution < -0.4 is 0 Å². The number of aromatic hydroxyl groups is 1. The van der Waals surface area contributed by atoms with Crippen LogP contribution in [0.4, 0.5) is 0 Å². The van der Waals surface area contributed by atoms with E-state index in [2.05, 4.69) is 0 Å². The second-order valence-electron chi connectivity index (χ2n) is 2.75. The van der Waals surface area contributed by atoms with Gasteiger partial charge in [0.2, 0.25) is 0 Å². The molecule has 1 N–H and O–H groups in total. The number of hydrogen-bond donors (Lipinski definition) is 1. The number of rotatable bonds is 2. The topological polar surface area (TPSA) is 78.2 Å². The zero-order valence-electron chi connectivity index (χ0n) is 7.44. The largest absolute Gasteiger partial charge is 0.507 e. The molecule has 0 heterocycles. The predicted octanol–water partition coefficient (Wildman–Crippen LogP) is 1.28. The summed E-state index contributed by atoms with van der Waals surface area (Å²) in [5.74, 6) is -0.616. The third-order valence-electron chi connectivity index (χ3n) is 1.79. The van der Waals surface area contributed by atoms with Gasteiger partial charge in [-0.1, -0.05) is 0 Å². The third kappa shape index (κ3) is 1.62. The lowest BCUT2D eigenvalue weighted by Crippen LogP contribution is -1.97. The molecule has 0 aliphatic carbocycles. The van der Waals surface area contributed by atoms with Crippen LogP contribution in [0.5, 0.6) is 5.75 Å². The van der Waals surface area contributed by atoms with Gasteiger partial charge in [0.1, 0.15) is 17.4 Å². The minimum Gasteiger partial charge on any atom is -0.507 e. The zero-order chi connectivity index (χ0) is 10.7. The maximum atomic E-state index is 11.0. The number of carbonyl (C=O) groups excluding carboxylic acids is 2. The molecule has 0 atom stereocenters. The molecule has 0 aromatic heterocycles. The minimum atomic E-state index is -0.345. The van der Waals surface area contributed by atoms with Gasteiger partial charge in [-0.2, -0.15) is 5.26 Å². The molecule has 0 amide bonds. The summed E-state index contributed by atoms with van der Waals surface area (Å²) in [6.45, 7) is 1.31. The van der Waals surface area contributed by atoms with Crippen molar-refractivity contribution in [1.29, 1.82) is 5.26 Å². The van der Waals surface area contributed by atoms with Crippen LogP contribution in [-0.2, 0) is 0 Å². The smallest absolute Gasteiger partial charge is 0.159 e. The summed E-state index contributed by atoms with van der Waals surface area (Å²) in [5, 5.41) is 17.9. The molecule has 1 rings (SSSR count). The molecule has 0 radical (unpaired) electrons. The Labute approximate surface area is 80.4 Å². The van der Waals surface area contributed by atoms with Gasteiger partial charge in [0.25, 0.3) is 0 Å². The fourth-order valence-corrected chi connectivity index (χ4v) is 1.07. The fraction of sp³-hybridized carbons (Fsp3) is 0.100. The Kier molecular flexibility index (Phi) is 2.63. The summed E-state index contributed by atoms with van der Waals surface area (Å²) in [7, 11) is 0. The first kappa shape index (κ1) is 9.93. The van der Waals surface area contributed by atoms with Gasteiger partial charge in [0.05, 0.1) is 0 Å². The molecule has 0 aliphatic rings. The summed E-state index contributed by atoms with van der Waals surface area (Å²) in [5.41, 5.74) is 0.131. The average molecular weight is 189 g/mol. The van der Waals surface area contributed by atoms with E-state index in [1.54, 1.807) is 6.07 Å². The number of ketones is 1. The second-order valence-corrected chi connectivity index (χ2v) is 2.75. The maximum absolute atomic E-state index is 11.0. The first-order valence-electron chi connectivity index (χ1n) is 3.83. The van der Waals surface area contributed by atoms with E-state index in [1.807, 2.05) is 0 Å². The predicted molar refractivity (Wildman–Crippen MR) is 48.2 cm³/mol. The van der Waals surface area contributed by atoms with E-state index in [4.69, 9.17) is 5.26 Å². The zero-order valence-corrected chi connectivity index (χ0v) is 7.44. The van der Waals surface area contributed by atoms with Crippen molar-refractivity contribution >= 4 is 12.1 Å². The van der Waals surface area contributed by atoms with E-state index in [9.17, 15) is 14.7 Å². The number of benzene rings is 1. The molecule has 4 nitrogen and oxygen atoms in total. The van der Waals surface area contributed by atoms with Gasteiger partial charge >= 0.3 is 0 Å². The number of nitriles is 1. The highest BCUT2D eigenvalue weighted by molar-refractivity contribution is 5.97. The van der Waals surface area contributed by atoms with E-state index in [-0.39, 0.29) is 28.2 Å². The molecule has 4 heteroatoms. The van der Waals surface area contributed by atoms with Gasteiger partial charge in [-0.3, -0.25) is 9.59 Å². The highest BCUT2D eigenvalue weighted by Gasteiger charge is 2.11. The van der Waals surface area contributed by atoms with Crippen LogP contribution in [0.25, 0.3) is 0 Å². The van der Waals surface area contributed by atoms with Gasteiger partial charge in [0, 0.05) is 11.1 Å². The Morgan fingerprint density at radius 1 is 1.57 bits per heavy atom. The quantitative estimate of drug-likeness (QED) is 0.561. The Hall–Kier alpha value is -2.15. The average Bonchev–Trinajstić information content (AvgIpc) is 2.16. The van der Waals surface area contributed by atoms with Crippen LogP contribution in [0, 0.1) is 11.3 Å². The molecule has 0 bridgehead atoms. The van der Waals surface area contributed by atoms with Gasteiger partial charge in [-0.25, -0.2) is 0 Å². The number of hydrogen-bond acceptors (Lipinski definition) is 4. The molecule has 0 saturated heterocycles. The SMILES string of the molecule is CC(=O)c1cc(O)c(C#N)c(C=O)c1. The standard InChI is InChI=1S/C10H7NO3/c1-6(13)7-2-8(5-12)9(4-11)10(14)3-7/h2-3,5,14H,1H3. The summed E-state index contributed by atoms with van der Waals surface area (Å²) in [6, 6.07) is 4.15.